The third-order valence-corrected chi connectivity index (χ3v) is 5.27. The number of benzene rings is 1. The molecular formula is C20H23ClF3N5O3. The number of aromatic nitrogens is 1. The Morgan fingerprint density at radius 2 is 1.78 bits per heavy atom. The minimum atomic E-state index is -4.60. The van der Waals surface area contributed by atoms with Crippen molar-refractivity contribution in [2.75, 3.05) is 49.9 Å². The molecule has 2 heterocycles. The highest BCUT2D eigenvalue weighted by molar-refractivity contribution is 6.31. The van der Waals surface area contributed by atoms with Crippen molar-refractivity contribution >= 4 is 34.9 Å². The standard InChI is InChI=1S/C20H23ClF3N5O3/c1-13-10-17(27-32-13)26-18(30)4-5-28-6-8-29(9-7-28)12-19(31)25-14-2-3-16(21)15(11-14)20(22,23)24/h2-3,10-11H,4-9,12H2,1H3,(H,25,31)(H,26,27,30). The van der Waals surface area contributed by atoms with Gasteiger partial charge in [0.1, 0.15) is 5.76 Å². The topological polar surface area (TPSA) is 90.7 Å². The zero-order valence-electron chi connectivity index (χ0n) is 17.3. The number of nitrogens with zero attached hydrogens (tertiary/aromatic N) is 3. The third-order valence-electron chi connectivity index (χ3n) is 4.94. The van der Waals surface area contributed by atoms with Crippen LogP contribution in [0.5, 0.6) is 0 Å². The molecule has 2 aromatic rings. The second-order valence-corrected chi connectivity index (χ2v) is 7.89. The van der Waals surface area contributed by atoms with Crippen LogP contribution in [0.25, 0.3) is 0 Å². The van der Waals surface area contributed by atoms with Crippen LogP contribution in [0.15, 0.2) is 28.8 Å². The maximum atomic E-state index is 13.0. The van der Waals surface area contributed by atoms with Crippen molar-refractivity contribution in [2.24, 2.45) is 0 Å². The van der Waals surface area contributed by atoms with Gasteiger partial charge in [0.05, 0.1) is 17.1 Å². The number of alkyl halides is 3. The van der Waals surface area contributed by atoms with Gasteiger partial charge < -0.3 is 20.1 Å². The van der Waals surface area contributed by atoms with Crippen LogP contribution >= 0.6 is 11.6 Å². The summed E-state index contributed by atoms with van der Waals surface area (Å²) in [6.07, 6.45) is -4.30. The van der Waals surface area contributed by atoms with Crippen LogP contribution in [0.2, 0.25) is 5.02 Å². The van der Waals surface area contributed by atoms with Gasteiger partial charge in [0.2, 0.25) is 11.8 Å². The summed E-state index contributed by atoms with van der Waals surface area (Å²) in [4.78, 5) is 28.3. The molecule has 1 aromatic carbocycles. The Labute approximate surface area is 187 Å². The largest absolute Gasteiger partial charge is 0.417 e. The SMILES string of the molecule is Cc1cc(NC(=O)CCN2CCN(CC(=O)Nc3ccc(Cl)c(C(F)(F)F)c3)CC2)no1. The fraction of sp³-hybridized carbons (Fsp3) is 0.450. The van der Waals surface area contributed by atoms with Gasteiger partial charge in [-0.1, -0.05) is 16.8 Å². The van der Waals surface area contributed by atoms with Crippen molar-refractivity contribution in [3.63, 3.8) is 0 Å². The molecule has 0 atom stereocenters. The lowest BCUT2D eigenvalue weighted by atomic mass is 10.2. The first-order valence-electron chi connectivity index (χ1n) is 9.94. The Morgan fingerprint density at radius 1 is 1.09 bits per heavy atom. The molecule has 1 saturated heterocycles. The van der Waals surface area contributed by atoms with E-state index >= 15 is 0 Å². The molecule has 3 rings (SSSR count). The van der Waals surface area contributed by atoms with E-state index in [1.807, 2.05) is 4.90 Å². The molecule has 0 bridgehead atoms. The van der Waals surface area contributed by atoms with E-state index in [2.05, 4.69) is 20.7 Å². The summed E-state index contributed by atoms with van der Waals surface area (Å²) < 4.78 is 43.8. The Kier molecular flexibility index (Phi) is 7.75. The molecule has 174 valence electrons. The molecule has 1 fully saturated rings. The fourth-order valence-corrected chi connectivity index (χ4v) is 3.51. The summed E-state index contributed by atoms with van der Waals surface area (Å²) >= 11 is 5.60. The van der Waals surface area contributed by atoms with Gasteiger partial charge in [-0.2, -0.15) is 13.2 Å². The predicted octanol–water partition coefficient (Wildman–Crippen LogP) is 3.24. The molecule has 1 aliphatic heterocycles. The summed E-state index contributed by atoms with van der Waals surface area (Å²) in [5.74, 6) is 0.418. The first kappa shape index (κ1) is 24.0. The second-order valence-electron chi connectivity index (χ2n) is 7.48. The molecule has 0 aliphatic carbocycles. The first-order valence-corrected chi connectivity index (χ1v) is 10.3. The number of rotatable bonds is 7. The minimum Gasteiger partial charge on any atom is -0.360 e. The van der Waals surface area contributed by atoms with E-state index in [9.17, 15) is 22.8 Å². The van der Waals surface area contributed by atoms with E-state index in [0.29, 0.717) is 50.7 Å². The van der Waals surface area contributed by atoms with Crippen LogP contribution in [0.1, 0.15) is 17.7 Å². The van der Waals surface area contributed by atoms with Gasteiger partial charge in [0.15, 0.2) is 5.82 Å². The number of carbonyl (C=O) groups excluding carboxylic acids is 2. The van der Waals surface area contributed by atoms with Gasteiger partial charge in [-0.15, -0.1) is 0 Å². The van der Waals surface area contributed by atoms with Crippen LogP contribution in [-0.4, -0.2) is 66.0 Å². The molecule has 0 spiro atoms. The van der Waals surface area contributed by atoms with E-state index in [1.54, 1.807) is 13.0 Å². The molecule has 0 radical (unpaired) electrons. The van der Waals surface area contributed by atoms with E-state index in [-0.39, 0.29) is 18.1 Å². The molecule has 1 aromatic heterocycles. The van der Waals surface area contributed by atoms with Crippen molar-refractivity contribution < 1.29 is 27.3 Å². The highest BCUT2D eigenvalue weighted by Crippen LogP contribution is 2.36. The van der Waals surface area contributed by atoms with Gasteiger partial charge >= 0.3 is 6.18 Å². The molecular weight excluding hydrogens is 451 g/mol. The Hall–Kier alpha value is -2.63. The fourth-order valence-electron chi connectivity index (χ4n) is 3.29. The Balaban J connectivity index is 1.39. The quantitative estimate of drug-likeness (QED) is 0.641. The first-order chi connectivity index (χ1) is 15.1. The van der Waals surface area contributed by atoms with Gasteiger partial charge in [-0.25, -0.2) is 0 Å². The molecule has 2 amide bonds. The van der Waals surface area contributed by atoms with Crippen molar-refractivity contribution in [3.8, 4) is 0 Å². The third kappa shape index (κ3) is 6.94. The number of hydrogen-bond donors (Lipinski definition) is 2. The van der Waals surface area contributed by atoms with Crippen molar-refractivity contribution in [1.29, 1.82) is 0 Å². The van der Waals surface area contributed by atoms with E-state index in [4.69, 9.17) is 16.1 Å². The highest BCUT2D eigenvalue weighted by atomic mass is 35.5. The smallest absolute Gasteiger partial charge is 0.360 e. The lowest BCUT2D eigenvalue weighted by Gasteiger charge is -2.34. The second kappa shape index (κ2) is 10.3. The van der Waals surface area contributed by atoms with Crippen LogP contribution in [0.3, 0.4) is 0 Å². The summed E-state index contributed by atoms with van der Waals surface area (Å²) in [5.41, 5.74) is -0.952. The average molecular weight is 474 g/mol. The lowest BCUT2D eigenvalue weighted by Crippen LogP contribution is -2.49. The van der Waals surface area contributed by atoms with Crippen LogP contribution in [0.4, 0.5) is 24.7 Å². The molecule has 2 N–H and O–H groups in total. The number of piperazine rings is 1. The van der Waals surface area contributed by atoms with Crippen LogP contribution < -0.4 is 10.6 Å². The Morgan fingerprint density at radius 3 is 2.41 bits per heavy atom. The predicted molar refractivity (Wildman–Crippen MR) is 112 cm³/mol. The summed E-state index contributed by atoms with van der Waals surface area (Å²) in [6, 6.07) is 4.90. The van der Waals surface area contributed by atoms with Crippen LogP contribution in [0, 0.1) is 6.92 Å². The number of carbonyl (C=O) groups is 2. The maximum absolute atomic E-state index is 13.0. The van der Waals surface area contributed by atoms with Gasteiger partial charge in [0.25, 0.3) is 0 Å². The zero-order chi connectivity index (χ0) is 23.3. The molecule has 8 nitrogen and oxygen atoms in total. The van der Waals surface area contributed by atoms with Crippen molar-refractivity contribution in [2.45, 2.75) is 19.5 Å². The normalized spacial score (nSPS) is 15.5. The average Bonchev–Trinajstić information content (AvgIpc) is 3.12. The lowest BCUT2D eigenvalue weighted by molar-refractivity contribution is -0.137. The molecule has 32 heavy (non-hydrogen) atoms. The number of aryl methyl sites for hydroxylation is 1. The van der Waals surface area contributed by atoms with E-state index in [0.717, 1.165) is 12.1 Å². The molecule has 0 saturated carbocycles. The van der Waals surface area contributed by atoms with Crippen molar-refractivity contribution in [1.82, 2.24) is 15.0 Å². The summed E-state index contributed by atoms with van der Waals surface area (Å²) in [7, 11) is 0. The number of amides is 2. The molecule has 0 unspecified atom stereocenters. The number of anilines is 2. The molecule has 12 heteroatoms. The summed E-state index contributed by atoms with van der Waals surface area (Å²) in [6.45, 7) is 4.90. The molecule has 1 aliphatic rings. The van der Waals surface area contributed by atoms with Gasteiger partial charge in [-0.3, -0.25) is 14.5 Å². The highest BCUT2D eigenvalue weighted by Gasteiger charge is 2.33. The van der Waals surface area contributed by atoms with Gasteiger partial charge in [-0.05, 0) is 25.1 Å². The number of hydrogen-bond acceptors (Lipinski definition) is 6. The minimum absolute atomic E-state index is 0.0404. The number of nitrogens with one attached hydrogen (secondary N) is 2. The van der Waals surface area contributed by atoms with E-state index in [1.165, 1.54) is 6.07 Å². The van der Waals surface area contributed by atoms with Crippen molar-refractivity contribution in [3.05, 3.63) is 40.6 Å². The number of halogens is 4. The van der Waals surface area contributed by atoms with E-state index < -0.39 is 22.7 Å². The van der Waals surface area contributed by atoms with Crippen LogP contribution in [-0.2, 0) is 15.8 Å². The Bertz CT molecular complexity index is 958. The maximum Gasteiger partial charge on any atom is 0.417 e. The zero-order valence-corrected chi connectivity index (χ0v) is 18.1. The summed E-state index contributed by atoms with van der Waals surface area (Å²) in [5, 5.41) is 8.44. The van der Waals surface area contributed by atoms with Gasteiger partial charge in [0, 0.05) is 50.9 Å². The monoisotopic (exact) mass is 473 g/mol.